The molecule has 0 spiro atoms. The number of hydrogen-bond acceptors (Lipinski definition) is 6. The van der Waals surface area contributed by atoms with Gasteiger partial charge < -0.3 is 13.9 Å². The minimum atomic E-state index is -0.647. The SMILES string of the molecule is COCc1oc2c(N(Cc3cccs3)C(=O)OC(C)(C)C)cc(Cl)nc2c1Br. The van der Waals surface area contributed by atoms with Gasteiger partial charge in [0.05, 0.1) is 16.7 Å². The van der Waals surface area contributed by atoms with Crippen LogP contribution in [-0.2, 0) is 22.6 Å². The number of halogens is 2. The van der Waals surface area contributed by atoms with Crippen molar-refractivity contribution in [3.8, 4) is 0 Å². The van der Waals surface area contributed by atoms with Crippen LogP contribution in [0.3, 0.4) is 0 Å². The highest BCUT2D eigenvalue weighted by atomic mass is 79.9. The summed E-state index contributed by atoms with van der Waals surface area (Å²) in [6.45, 7) is 6.04. The molecular weight excluding hydrogens is 468 g/mol. The molecule has 0 saturated carbocycles. The zero-order chi connectivity index (χ0) is 20.5. The van der Waals surface area contributed by atoms with Crippen LogP contribution >= 0.6 is 38.9 Å². The van der Waals surface area contributed by atoms with Crippen LogP contribution in [0.25, 0.3) is 11.1 Å². The molecule has 0 atom stereocenters. The predicted molar refractivity (Wildman–Crippen MR) is 114 cm³/mol. The highest BCUT2D eigenvalue weighted by molar-refractivity contribution is 9.10. The number of rotatable bonds is 5. The molecule has 150 valence electrons. The second-order valence-electron chi connectivity index (χ2n) is 7.06. The fourth-order valence-electron chi connectivity index (χ4n) is 2.59. The molecule has 3 rings (SSSR count). The van der Waals surface area contributed by atoms with Gasteiger partial charge in [-0.3, -0.25) is 4.90 Å². The number of carbonyl (C=O) groups is 1. The third-order valence-corrected chi connectivity index (χ3v) is 5.55. The van der Waals surface area contributed by atoms with E-state index in [0.717, 1.165) is 4.88 Å². The molecule has 0 aromatic carbocycles. The molecule has 3 heterocycles. The maximum absolute atomic E-state index is 13.0. The number of furan rings is 1. The summed E-state index contributed by atoms with van der Waals surface area (Å²) in [7, 11) is 1.57. The summed E-state index contributed by atoms with van der Waals surface area (Å²) in [6.07, 6.45) is -0.495. The Hall–Kier alpha value is -1.61. The fraction of sp³-hybridized carbons (Fsp3) is 0.368. The highest BCUT2D eigenvalue weighted by Crippen LogP contribution is 2.38. The van der Waals surface area contributed by atoms with E-state index in [1.165, 1.54) is 4.90 Å². The van der Waals surface area contributed by atoms with Crippen LogP contribution < -0.4 is 4.90 Å². The number of carbonyl (C=O) groups excluding carboxylic acids is 1. The van der Waals surface area contributed by atoms with Crippen molar-refractivity contribution in [1.82, 2.24) is 4.98 Å². The Bertz CT molecular complexity index is 982. The largest absolute Gasteiger partial charge is 0.453 e. The number of anilines is 1. The Morgan fingerprint density at radius 2 is 2.18 bits per heavy atom. The summed E-state index contributed by atoms with van der Waals surface area (Å²) in [5.74, 6) is 0.564. The number of ether oxygens (including phenoxy) is 2. The van der Waals surface area contributed by atoms with Crippen molar-refractivity contribution in [1.29, 1.82) is 0 Å². The number of aromatic nitrogens is 1. The van der Waals surface area contributed by atoms with Gasteiger partial charge in [-0.25, -0.2) is 9.78 Å². The van der Waals surface area contributed by atoms with Gasteiger partial charge >= 0.3 is 6.09 Å². The number of thiophene rings is 1. The maximum atomic E-state index is 13.0. The predicted octanol–water partition coefficient (Wildman–Crippen LogP) is 6.39. The molecule has 28 heavy (non-hydrogen) atoms. The van der Waals surface area contributed by atoms with Crippen LogP contribution in [0.15, 0.2) is 32.5 Å². The highest BCUT2D eigenvalue weighted by Gasteiger charge is 2.28. The van der Waals surface area contributed by atoms with E-state index in [9.17, 15) is 4.79 Å². The minimum Gasteiger partial charge on any atom is -0.453 e. The van der Waals surface area contributed by atoms with Gasteiger partial charge in [-0.15, -0.1) is 11.3 Å². The molecule has 0 unspecified atom stereocenters. The van der Waals surface area contributed by atoms with Gasteiger partial charge in [0.25, 0.3) is 0 Å². The number of nitrogens with zero attached hydrogens (tertiary/aromatic N) is 2. The Balaban J connectivity index is 2.14. The van der Waals surface area contributed by atoms with E-state index in [1.54, 1.807) is 24.5 Å². The van der Waals surface area contributed by atoms with E-state index < -0.39 is 11.7 Å². The van der Waals surface area contributed by atoms with Gasteiger partial charge in [0.2, 0.25) is 0 Å². The lowest BCUT2D eigenvalue weighted by Gasteiger charge is -2.27. The number of amides is 1. The standard InChI is InChI=1S/C19H20BrClN2O4S/c1-19(2,3)27-18(24)23(9-11-6-5-7-28-11)12-8-14(21)22-16-15(20)13(10-25-4)26-17(12)16/h5-8H,9-10H2,1-4H3. The Morgan fingerprint density at radius 3 is 2.79 bits per heavy atom. The van der Waals surface area contributed by atoms with E-state index in [2.05, 4.69) is 20.9 Å². The monoisotopic (exact) mass is 486 g/mol. The number of pyridine rings is 1. The molecule has 1 amide bonds. The molecule has 0 aliphatic carbocycles. The summed E-state index contributed by atoms with van der Waals surface area (Å²) in [6, 6.07) is 5.49. The van der Waals surface area contributed by atoms with Crippen LogP contribution in [0.5, 0.6) is 0 Å². The third-order valence-electron chi connectivity index (χ3n) is 3.67. The van der Waals surface area contributed by atoms with Gasteiger partial charge in [-0.2, -0.15) is 0 Å². The molecule has 0 N–H and O–H groups in total. The molecule has 0 aliphatic rings. The summed E-state index contributed by atoms with van der Waals surface area (Å²) in [4.78, 5) is 19.9. The number of methoxy groups -OCH3 is 1. The molecular formula is C19H20BrClN2O4S. The molecule has 9 heteroatoms. The van der Waals surface area contributed by atoms with Crippen LogP contribution in [0, 0.1) is 0 Å². The van der Waals surface area contributed by atoms with Crippen molar-refractivity contribution in [2.45, 2.75) is 39.5 Å². The van der Waals surface area contributed by atoms with E-state index in [4.69, 9.17) is 25.5 Å². The van der Waals surface area contributed by atoms with Crippen LogP contribution in [0.4, 0.5) is 10.5 Å². The fourth-order valence-corrected chi connectivity index (χ4v) is 3.93. The summed E-state index contributed by atoms with van der Waals surface area (Å²) < 4.78 is 17.4. The smallest absolute Gasteiger partial charge is 0.415 e. The summed E-state index contributed by atoms with van der Waals surface area (Å²) >= 11 is 11.3. The van der Waals surface area contributed by atoms with E-state index in [1.807, 2.05) is 38.3 Å². The average Bonchev–Trinajstić information content (AvgIpc) is 3.20. The van der Waals surface area contributed by atoms with Crippen molar-refractivity contribution in [3.05, 3.63) is 43.8 Å². The van der Waals surface area contributed by atoms with Crippen molar-refractivity contribution < 1.29 is 18.7 Å². The second kappa shape index (κ2) is 8.41. The number of fused-ring (bicyclic) bond motifs is 1. The molecule has 3 aromatic rings. The third kappa shape index (κ3) is 4.68. The van der Waals surface area contributed by atoms with Crippen molar-refractivity contribution >= 4 is 61.7 Å². The van der Waals surface area contributed by atoms with Gasteiger partial charge in [0.1, 0.15) is 28.6 Å². The van der Waals surface area contributed by atoms with Crippen molar-refractivity contribution in [2.75, 3.05) is 12.0 Å². The Kier molecular flexibility index (Phi) is 6.34. The molecule has 0 fully saturated rings. The van der Waals surface area contributed by atoms with E-state index in [0.29, 0.717) is 33.6 Å². The first-order chi connectivity index (χ1) is 13.2. The molecule has 3 aromatic heterocycles. The van der Waals surface area contributed by atoms with Crippen LogP contribution in [0.1, 0.15) is 31.4 Å². The van der Waals surface area contributed by atoms with Crippen LogP contribution in [0.2, 0.25) is 5.15 Å². The van der Waals surface area contributed by atoms with Crippen molar-refractivity contribution in [3.63, 3.8) is 0 Å². The van der Waals surface area contributed by atoms with Gasteiger partial charge in [0.15, 0.2) is 5.58 Å². The van der Waals surface area contributed by atoms with Gasteiger partial charge in [-0.05, 0) is 48.1 Å². The molecule has 0 saturated heterocycles. The first-order valence-corrected chi connectivity index (χ1v) is 10.5. The first kappa shape index (κ1) is 21.1. The van der Waals surface area contributed by atoms with Crippen LogP contribution in [-0.4, -0.2) is 23.8 Å². The first-order valence-electron chi connectivity index (χ1n) is 8.49. The summed E-state index contributed by atoms with van der Waals surface area (Å²) in [5, 5.41) is 2.20. The molecule has 6 nitrogen and oxygen atoms in total. The quantitative estimate of drug-likeness (QED) is 0.390. The summed E-state index contributed by atoms with van der Waals surface area (Å²) in [5.41, 5.74) is 0.798. The zero-order valence-corrected chi connectivity index (χ0v) is 19.1. The Morgan fingerprint density at radius 1 is 1.43 bits per heavy atom. The van der Waals surface area contributed by atoms with Gasteiger partial charge in [0, 0.05) is 18.1 Å². The van der Waals surface area contributed by atoms with Crippen molar-refractivity contribution in [2.24, 2.45) is 0 Å². The Labute approximate surface area is 180 Å². The maximum Gasteiger partial charge on any atom is 0.415 e. The van der Waals surface area contributed by atoms with E-state index >= 15 is 0 Å². The lowest BCUT2D eigenvalue weighted by atomic mass is 10.2. The normalized spacial score (nSPS) is 11.8. The number of hydrogen-bond donors (Lipinski definition) is 0. The molecule has 0 aliphatic heterocycles. The topological polar surface area (TPSA) is 64.8 Å². The zero-order valence-electron chi connectivity index (χ0n) is 15.9. The lowest BCUT2D eigenvalue weighted by molar-refractivity contribution is 0.0578. The molecule has 0 radical (unpaired) electrons. The molecule has 0 bridgehead atoms. The average molecular weight is 488 g/mol. The second-order valence-corrected chi connectivity index (χ2v) is 9.27. The van der Waals surface area contributed by atoms with Gasteiger partial charge in [-0.1, -0.05) is 17.7 Å². The van der Waals surface area contributed by atoms with E-state index in [-0.39, 0.29) is 11.8 Å². The lowest BCUT2D eigenvalue weighted by Crippen LogP contribution is -2.36. The minimum absolute atomic E-state index is 0.243.